The van der Waals surface area contributed by atoms with E-state index in [1.165, 1.54) is 0 Å². The van der Waals surface area contributed by atoms with Crippen LogP contribution in [0.3, 0.4) is 0 Å². The van der Waals surface area contributed by atoms with Crippen LogP contribution in [0, 0.1) is 29.1 Å². The molecule has 2 nitrogen and oxygen atoms in total. The van der Waals surface area contributed by atoms with Crippen molar-refractivity contribution in [3.63, 3.8) is 0 Å². The van der Waals surface area contributed by atoms with Crippen LogP contribution in [-0.4, -0.2) is 24.4 Å². The lowest BCUT2D eigenvalue weighted by atomic mass is 9.65. The molecule has 0 radical (unpaired) electrons. The monoisotopic (exact) mass is 332 g/mol. The van der Waals surface area contributed by atoms with Gasteiger partial charge in [-0.2, -0.15) is 26.3 Å². The smallest absolute Gasteiger partial charge is 0.425 e. The molecule has 2 fully saturated rings. The molecule has 0 N–H and O–H groups in total. The first kappa shape index (κ1) is 17.4. The van der Waals surface area contributed by atoms with Crippen LogP contribution in [0.4, 0.5) is 26.3 Å². The first-order valence-electron chi connectivity index (χ1n) is 7.17. The van der Waals surface area contributed by atoms with Gasteiger partial charge in [0.15, 0.2) is 11.5 Å². The summed E-state index contributed by atoms with van der Waals surface area (Å²) in [7, 11) is 0. The van der Waals surface area contributed by atoms with E-state index in [0.29, 0.717) is 6.92 Å². The molecule has 2 saturated carbocycles. The van der Waals surface area contributed by atoms with E-state index in [-0.39, 0.29) is 24.2 Å². The molecule has 0 amide bonds. The molecule has 2 aliphatic rings. The largest absolute Gasteiger partial charge is 0.452 e. The summed E-state index contributed by atoms with van der Waals surface area (Å²) in [5.74, 6) is -3.46. The highest BCUT2D eigenvalue weighted by Crippen LogP contribution is 2.66. The number of hydrogen-bond acceptors (Lipinski definition) is 2. The minimum Gasteiger partial charge on any atom is -0.452 e. The van der Waals surface area contributed by atoms with Crippen molar-refractivity contribution in [2.75, 3.05) is 0 Å². The average molecular weight is 332 g/mol. The molecule has 2 bridgehead atoms. The fourth-order valence-electron chi connectivity index (χ4n) is 4.04. The van der Waals surface area contributed by atoms with Gasteiger partial charge >= 0.3 is 18.3 Å². The van der Waals surface area contributed by atoms with Crippen molar-refractivity contribution in [1.82, 2.24) is 0 Å². The third-order valence-electron chi connectivity index (χ3n) is 5.60. The van der Waals surface area contributed by atoms with Crippen LogP contribution in [0.1, 0.15) is 33.6 Å². The molecule has 6 atom stereocenters. The van der Waals surface area contributed by atoms with Crippen LogP contribution in [0.15, 0.2) is 0 Å². The van der Waals surface area contributed by atoms with Crippen LogP contribution >= 0.6 is 0 Å². The standard InChI is InChI=1S/C14H18F6O2/c1-6-7(2)10-4-9(6)5-12(10,14(18,19)20)11(21)22-8(3)13(15,16)17/h6-10H,4-5H2,1-3H3. The van der Waals surface area contributed by atoms with Gasteiger partial charge in [0.25, 0.3) is 0 Å². The molecule has 22 heavy (non-hydrogen) atoms. The number of esters is 1. The van der Waals surface area contributed by atoms with Crippen LogP contribution in [0.25, 0.3) is 0 Å². The van der Waals surface area contributed by atoms with E-state index in [2.05, 4.69) is 4.74 Å². The third kappa shape index (κ3) is 2.38. The summed E-state index contributed by atoms with van der Waals surface area (Å²) < 4.78 is 82.4. The van der Waals surface area contributed by atoms with Crippen LogP contribution in [-0.2, 0) is 9.53 Å². The lowest BCUT2D eigenvalue weighted by Crippen LogP contribution is -2.54. The van der Waals surface area contributed by atoms with Crippen molar-refractivity contribution in [2.24, 2.45) is 29.1 Å². The molecule has 128 valence electrons. The maximum absolute atomic E-state index is 13.6. The van der Waals surface area contributed by atoms with Gasteiger partial charge in [0.1, 0.15) is 0 Å². The quantitative estimate of drug-likeness (QED) is 0.555. The number of rotatable bonds is 2. The number of carbonyl (C=O) groups excluding carboxylic acids is 1. The first-order chi connectivity index (χ1) is 9.82. The molecule has 2 aliphatic carbocycles. The minimum absolute atomic E-state index is 0.0216. The lowest BCUT2D eigenvalue weighted by molar-refractivity contribution is -0.269. The van der Waals surface area contributed by atoms with Crippen molar-refractivity contribution >= 4 is 5.97 Å². The fourth-order valence-corrected chi connectivity index (χ4v) is 4.04. The van der Waals surface area contributed by atoms with E-state index in [9.17, 15) is 31.1 Å². The first-order valence-corrected chi connectivity index (χ1v) is 7.17. The molecular weight excluding hydrogens is 314 g/mol. The van der Waals surface area contributed by atoms with Gasteiger partial charge in [-0.3, -0.25) is 4.79 Å². The van der Waals surface area contributed by atoms with Crippen molar-refractivity contribution in [2.45, 2.75) is 52.1 Å². The molecule has 0 aromatic carbocycles. The average Bonchev–Trinajstić information content (AvgIpc) is 2.86. The summed E-state index contributed by atoms with van der Waals surface area (Å²) in [4.78, 5) is 12.1. The number of fused-ring (bicyclic) bond motifs is 2. The molecule has 0 aromatic heterocycles. The highest BCUT2D eigenvalue weighted by Gasteiger charge is 2.73. The van der Waals surface area contributed by atoms with Crippen LogP contribution < -0.4 is 0 Å². The second-order valence-corrected chi connectivity index (χ2v) is 6.58. The Morgan fingerprint density at radius 3 is 2.05 bits per heavy atom. The summed E-state index contributed by atoms with van der Waals surface area (Å²) >= 11 is 0. The van der Waals surface area contributed by atoms with Gasteiger partial charge in [0, 0.05) is 0 Å². The van der Waals surface area contributed by atoms with E-state index in [1.54, 1.807) is 6.92 Å². The molecule has 2 rings (SSSR count). The SMILES string of the molecule is CC1C2CC(C1C)C(C(=O)OC(C)C(F)(F)F)(C(F)(F)F)C2. The summed E-state index contributed by atoms with van der Waals surface area (Å²) in [5.41, 5.74) is -2.80. The van der Waals surface area contributed by atoms with Gasteiger partial charge in [-0.15, -0.1) is 0 Å². The van der Waals surface area contributed by atoms with Gasteiger partial charge < -0.3 is 4.74 Å². The normalized spacial score (nSPS) is 39.9. The van der Waals surface area contributed by atoms with E-state index in [4.69, 9.17) is 0 Å². The van der Waals surface area contributed by atoms with E-state index < -0.39 is 42.2 Å². The Morgan fingerprint density at radius 2 is 1.68 bits per heavy atom. The molecule has 6 unspecified atom stereocenters. The molecule has 8 heteroatoms. The van der Waals surface area contributed by atoms with Gasteiger partial charge in [-0.1, -0.05) is 13.8 Å². The van der Waals surface area contributed by atoms with Gasteiger partial charge in [0.2, 0.25) is 0 Å². The summed E-state index contributed by atoms with van der Waals surface area (Å²) in [6.45, 7) is 3.98. The third-order valence-corrected chi connectivity index (χ3v) is 5.60. The summed E-state index contributed by atoms with van der Waals surface area (Å²) in [6.07, 6.45) is -12.6. The Labute approximate surface area is 124 Å². The van der Waals surface area contributed by atoms with Crippen molar-refractivity contribution < 1.29 is 35.9 Å². The Morgan fingerprint density at radius 1 is 1.14 bits per heavy atom. The topological polar surface area (TPSA) is 26.3 Å². The second kappa shape index (κ2) is 5.03. The fraction of sp³-hybridized carbons (Fsp3) is 0.929. The molecular formula is C14H18F6O2. The van der Waals surface area contributed by atoms with Crippen molar-refractivity contribution in [3.8, 4) is 0 Å². The minimum atomic E-state index is -4.91. The maximum Gasteiger partial charge on any atom is 0.425 e. The van der Waals surface area contributed by atoms with Crippen molar-refractivity contribution in [1.29, 1.82) is 0 Å². The Kier molecular flexibility index (Phi) is 3.98. The Bertz CT molecular complexity index is 455. The zero-order chi connectivity index (χ0) is 17.1. The zero-order valence-corrected chi connectivity index (χ0v) is 12.4. The predicted octanol–water partition coefficient (Wildman–Crippen LogP) is 4.34. The maximum atomic E-state index is 13.6. The Hall–Kier alpha value is -0.950. The van der Waals surface area contributed by atoms with E-state index in [0.717, 1.165) is 0 Å². The highest BCUT2D eigenvalue weighted by molar-refractivity contribution is 5.79. The number of alkyl halides is 6. The molecule has 0 saturated heterocycles. The van der Waals surface area contributed by atoms with Crippen LogP contribution in [0.2, 0.25) is 0 Å². The van der Waals surface area contributed by atoms with Crippen molar-refractivity contribution in [3.05, 3.63) is 0 Å². The zero-order valence-electron chi connectivity index (χ0n) is 12.4. The molecule has 0 heterocycles. The number of carbonyl (C=O) groups is 1. The second-order valence-electron chi connectivity index (χ2n) is 6.58. The summed E-state index contributed by atoms with van der Waals surface area (Å²) in [5, 5.41) is 0. The number of halogens is 6. The number of hydrogen-bond donors (Lipinski definition) is 0. The predicted molar refractivity (Wildman–Crippen MR) is 64.6 cm³/mol. The van der Waals surface area contributed by atoms with E-state index >= 15 is 0 Å². The van der Waals surface area contributed by atoms with Gasteiger partial charge in [-0.25, -0.2) is 0 Å². The molecule has 0 aromatic rings. The van der Waals surface area contributed by atoms with Crippen LogP contribution in [0.5, 0.6) is 0 Å². The highest BCUT2D eigenvalue weighted by atomic mass is 19.4. The van der Waals surface area contributed by atoms with E-state index in [1.807, 2.05) is 6.92 Å². The summed E-state index contributed by atoms with van der Waals surface area (Å²) in [6, 6.07) is 0. The number of ether oxygens (including phenoxy) is 1. The molecule has 0 aliphatic heterocycles. The lowest BCUT2D eigenvalue weighted by Gasteiger charge is -2.42. The Balaban J connectivity index is 2.32. The van der Waals surface area contributed by atoms with Gasteiger partial charge in [0.05, 0.1) is 0 Å². The van der Waals surface area contributed by atoms with Gasteiger partial charge in [-0.05, 0) is 43.4 Å². The molecule has 0 spiro atoms.